The summed E-state index contributed by atoms with van der Waals surface area (Å²) in [6.07, 6.45) is -2.48. The predicted octanol–water partition coefficient (Wildman–Crippen LogP) is 1.19. The van der Waals surface area contributed by atoms with Crippen molar-refractivity contribution in [2.45, 2.75) is 88.3 Å². The van der Waals surface area contributed by atoms with Gasteiger partial charge in [-0.15, -0.1) is 0 Å². The number of phenolic OH excluding ortho intramolecular Hbond substituents is 1. The lowest BCUT2D eigenvalue weighted by atomic mass is 9.47. The van der Waals surface area contributed by atoms with Crippen LogP contribution in [0.3, 0.4) is 0 Å². The van der Waals surface area contributed by atoms with Crippen LogP contribution in [-0.4, -0.2) is 75.2 Å². The molecule has 1 unspecified atom stereocenters. The Morgan fingerprint density at radius 3 is 2.37 bits per heavy atom. The Hall–Kier alpha value is -4.13. The maximum absolute atomic E-state index is 13.1. The predicted molar refractivity (Wildman–Crippen MR) is 133 cm³/mol. The number of benzene rings is 1. The second-order valence-electron chi connectivity index (χ2n) is 10.8. The molecule has 1 aromatic rings. The summed E-state index contributed by atoms with van der Waals surface area (Å²) in [6, 6.07) is 3.36. The quantitative estimate of drug-likeness (QED) is 0.296. The first-order chi connectivity index (χ1) is 19.3. The molecule has 1 heterocycles. The third kappa shape index (κ3) is 4.39. The van der Waals surface area contributed by atoms with Crippen molar-refractivity contribution in [3.63, 3.8) is 0 Å². The molecule has 1 aromatic carbocycles. The molecule has 0 saturated heterocycles. The SMILES string of the molecule is CC(=O)O[C@@H](C(=O)O)[C@@H](OC(C)=O)C(=O)O[C@@H](C)C(=O)OC1=CC[C@@]2(O)[C@@H]3CCCC24c2c(ccc(O)c2O[C@@H]14)C3. The van der Waals surface area contributed by atoms with Crippen LogP contribution < -0.4 is 4.74 Å². The van der Waals surface area contributed by atoms with Gasteiger partial charge in [-0.1, -0.05) is 12.5 Å². The Morgan fingerprint density at radius 1 is 1.02 bits per heavy atom. The topological polar surface area (TPSA) is 192 Å². The van der Waals surface area contributed by atoms with Crippen LogP contribution in [0.25, 0.3) is 0 Å². The minimum atomic E-state index is -2.22. The fourth-order valence-electron chi connectivity index (χ4n) is 6.85. The molecule has 13 nitrogen and oxygen atoms in total. The summed E-state index contributed by atoms with van der Waals surface area (Å²) in [5, 5.41) is 32.0. The highest BCUT2D eigenvalue weighted by Crippen LogP contribution is 2.67. The summed E-state index contributed by atoms with van der Waals surface area (Å²) in [4.78, 5) is 60.4. The third-order valence-electron chi connectivity index (χ3n) is 8.44. The van der Waals surface area contributed by atoms with Crippen molar-refractivity contribution in [2.75, 3.05) is 0 Å². The molecule has 1 spiro atoms. The Kier molecular flexibility index (Phi) is 6.96. The Labute approximate surface area is 234 Å². The zero-order valence-electron chi connectivity index (χ0n) is 22.6. The van der Waals surface area contributed by atoms with E-state index in [4.69, 9.17) is 18.9 Å². The lowest BCUT2D eigenvalue weighted by molar-refractivity contribution is -0.192. The summed E-state index contributed by atoms with van der Waals surface area (Å²) in [7, 11) is 0. The minimum Gasteiger partial charge on any atom is -0.504 e. The molecule has 2 bridgehead atoms. The number of carbonyl (C=O) groups excluding carboxylic acids is 4. The van der Waals surface area contributed by atoms with Gasteiger partial charge in [-0.3, -0.25) is 9.59 Å². The number of carboxylic acids is 1. The molecule has 1 saturated carbocycles. The van der Waals surface area contributed by atoms with E-state index in [0.717, 1.165) is 44.7 Å². The van der Waals surface area contributed by atoms with E-state index in [-0.39, 0.29) is 29.6 Å². The number of hydrogen-bond acceptors (Lipinski definition) is 12. The van der Waals surface area contributed by atoms with E-state index in [1.54, 1.807) is 12.1 Å². The van der Waals surface area contributed by atoms with Crippen LogP contribution in [0.2, 0.25) is 0 Å². The first-order valence-corrected chi connectivity index (χ1v) is 13.2. The number of carbonyl (C=O) groups is 5. The van der Waals surface area contributed by atoms with Crippen molar-refractivity contribution >= 4 is 29.8 Å². The normalized spacial score (nSPS) is 28.9. The number of phenols is 1. The van der Waals surface area contributed by atoms with Gasteiger partial charge in [-0.2, -0.15) is 0 Å². The van der Waals surface area contributed by atoms with E-state index in [2.05, 4.69) is 4.74 Å². The van der Waals surface area contributed by atoms with E-state index < -0.39 is 65.3 Å². The maximum atomic E-state index is 13.1. The van der Waals surface area contributed by atoms with E-state index in [0.29, 0.717) is 12.8 Å². The van der Waals surface area contributed by atoms with Crippen LogP contribution in [0.5, 0.6) is 11.5 Å². The van der Waals surface area contributed by atoms with Crippen LogP contribution in [0.15, 0.2) is 24.0 Å². The Morgan fingerprint density at radius 2 is 1.71 bits per heavy atom. The largest absolute Gasteiger partial charge is 0.504 e. The van der Waals surface area contributed by atoms with Gasteiger partial charge in [0.25, 0.3) is 0 Å². The summed E-state index contributed by atoms with van der Waals surface area (Å²) < 4.78 is 26.3. The van der Waals surface area contributed by atoms with Crippen molar-refractivity contribution in [3.05, 3.63) is 35.1 Å². The number of ether oxygens (including phenoxy) is 5. The molecule has 220 valence electrons. The molecule has 0 radical (unpaired) electrons. The van der Waals surface area contributed by atoms with Crippen LogP contribution in [0, 0.1) is 5.92 Å². The minimum absolute atomic E-state index is 0.0589. The lowest BCUT2D eigenvalue weighted by Gasteiger charge is -2.59. The number of aliphatic carboxylic acids is 1. The molecule has 41 heavy (non-hydrogen) atoms. The van der Waals surface area contributed by atoms with Crippen molar-refractivity contribution in [3.8, 4) is 11.5 Å². The summed E-state index contributed by atoms with van der Waals surface area (Å²) >= 11 is 0. The van der Waals surface area contributed by atoms with Crippen molar-refractivity contribution in [1.29, 1.82) is 0 Å². The summed E-state index contributed by atoms with van der Waals surface area (Å²) in [6.45, 7) is 2.97. The first kappa shape index (κ1) is 28.4. The van der Waals surface area contributed by atoms with Gasteiger partial charge in [-0.05, 0) is 56.2 Å². The molecule has 3 N–H and O–H groups in total. The van der Waals surface area contributed by atoms with Gasteiger partial charge in [0.15, 0.2) is 23.7 Å². The van der Waals surface area contributed by atoms with Crippen LogP contribution in [-0.2, 0) is 54.8 Å². The summed E-state index contributed by atoms with van der Waals surface area (Å²) in [5.74, 6) is -6.24. The van der Waals surface area contributed by atoms with Gasteiger partial charge >= 0.3 is 29.8 Å². The molecule has 3 aliphatic carbocycles. The number of rotatable bonds is 8. The number of hydrogen-bond donors (Lipinski definition) is 3. The van der Waals surface area contributed by atoms with Crippen LogP contribution in [0.1, 0.15) is 57.6 Å². The molecule has 1 fully saturated rings. The average molecular weight is 575 g/mol. The molecule has 4 aliphatic rings. The first-order valence-electron chi connectivity index (χ1n) is 13.2. The zero-order valence-corrected chi connectivity index (χ0v) is 22.6. The lowest BCUT2D eigenvalue weighted by Crippen LogP contribution is -2.67. The van der Waals surface area contributed by atoms with Crippen LogP contribution in [0.4, 0.5) is 0 Å². The molecule has 5 rings (SSSR count). The molecule has 0 amide bonds. The Bertz CT molecular complexity index is 1360. The molecule has 0 aromatic heterocycles. The van der Waals surface area contributed by atoms with Crippen LogP contribution >= 0.6 is 0 Å². The average Bonchev–Trinajstić information content (AvgIpc) is 3.24. The smallest absolute Gasteiger partial charge is 0.352 e. The molecular weight excluding hydrogens is 544 g/mol. The highest BCUT2D eigenvalue weighted by molar-refractivity contribution is 5.89. The zero-order chi connectivity index (χ0) is 29.9. The van der Waals surface area contributed by atoms with E-state index >= 15 is 0 Å². The second-order valence-corrected chi connectivity index (χ2v) is 10.8. The standard InChI is InChI=1S/C28H30O13/c1-12(37-26(35)22(39-14(3)30)21(24(32)33)38-13(2)29)25(34)40-18-8-10-28(36)16-5-4-9-27(28)19-15(11-16)6-7-17(31)20(19)41-23(18)27/h6-8,12,16,21-23,31,36H,4-5,9-11H2,1-3H3,(H,32,33)/t12-,16+,21+,22+,23-,27?,28+/m0/s1. The molecule has 1 aliphatic heterocycles. The number of aromatic hydroxyl groups is 1. The van der Waals surface area contributed by atoms with E-state index in [1.807, 2.05) is 6.07 Å². The monoisotopic (exact) mass is 574 g/mol. The molecule has 7 atom stereocenters. The van der Waals surface area contributed by atoms with Crippen molar-refractivity contribution < 1.29 is 63.0 Å². The Balaban J connectivity index is 1.37. The highest BCUT2D eigenvalue weighted by Gasteiger charge is 2.71. The van der Waals surface area contributed by atoms with Crippen molar-refractivity contribution in [2.24, 2.45) is 5.92 Å². The fraction of sp³-hybridized carbons (Fsp3) is 0.536. The number of esters is 4. The molecular formula is C28H30O13. The third-order valence-corrected chi connectivity index (χ3v) is 8.44. The van der Waals surface area contributed by atoms with Gasteiger partial charge in [0.1, 0.15) is 5.76 Å². The van der Waals surface area contributed by atoms with Gasteiger partial charge in [0, 0.05) is 19.4 Å². The molecule has 13 heteroatoms. The second kappa shape index (κ2) is 10.1. The highest BCUT2D eigenvalue weighted by atomic mass is 16.6. The van der Waals surface area contributed by atoms with Gasteiger partial charge in [0.2, 0.25) is 12.2 Å². The van der Waals surface area contributed by atoms with E-state index in [1.165, 1.54) is 0 Å². The van der Waals surface area contributed by atoms with Gasteiger partial charge < -0.3 is 39.0 Å². The van der Waals surface area contributed by atoms with E-state index in [9.17, 15) is 39.3 Å². The summed E-state index contributed by atoms with van der Waals surface area (Å²) in [5.41, 5.74) is -0.463. The van der Waals surface area contributed by atoms with Crippen molar-refractivity contribution in [1.82, 2.24) is 0 Å². The maximum Gasteiger partial charge on any atom is 0.352 e. The van der Waals surface area contributed by atoms with Gasteiger partial charge in [-0.25, -0.2) is 14.4 Å². The van der Waals surface area contributed by atoms with Gasteiger partial charge in [0.05, 0.1) is 11.0 Å². The number of carboxylic acid groups (broad SMARTS) is 1. The number of aliphatic hydroxyl groups is 1. The fourth-order valence-corrected chi connectivity index (χ4v) is 6.85.